The molecule has 0 fully saturated rings. The number of fused-ring (bicyclic) bond motifs is 3. The van der Waals surface area contributed by atoms with Crippen molar-refractivity contribution in [3.05, 3.63) is 58.9 Å². The number of amides is 4. The standard InChI is InChI=1S/C31H38N6O7S/c1-18(2)27-30(40)33-16-21-22(42-4)9-8-10-23(21)44-25-15-20(11-12-24(25)43-5)29(39)32-13-6-7-14-37(17-26(38)34-27)31(41)28-19(3)35-45-36-28/h8-12,15,18,27H,6-7,13-14,16-17H2,1-5H3,(H,32,39)(H,33,40)(H,34,38)/t27-/m1/s1. The summed E-state index contributed by atoms with van der Waals surface area (Å²) in [4.78, 5) is 54.5. The molecule has 4 rings (SSSR count). The van der Waals surface area contributed by atoms with E-state index in [-0.39, 0.29) is 37.2 Å². The molecule has 45 heavy (non-hydrogen) atoms. The number of rotatable bonds is 4. The summed E-state index contributed by atoms with van der Waals surface area (Å²) in [6.07, 6.45) is 1.04. The fourth-order valence-corrected chi connectivity index (χ4v) is 5.34. The molecule has 0 spiro atoms. The molecule has 14 heteroatoms. The van der Waals surface area contributed by atoms with Crippen molar-refractivity contribution in [2.24, 2.45) is 5.92 Å². The zero-order chi connectivity index (χ0) is 32.5. The van der Waals surface area contributed by atoms with Gasteiger partial charge in [-0.1, -0.05) is 19.9 Å². The molecule has 0 saturated heterocycles. The predicted octanol–water partition coefficient (Wildman–Crippen LogP) is 3.08. The van der Waals surface area contributed by atoms with Crippen LogP contribution in [0.4, 0.5) is 0 Å². The third kappa shape index (κ3) is 8.26. The first-order chi connectivity index (χ1) is 21.6. The maximum Gasteiger partial charge on any atom is 0.275 e. The second-order valence-corrected chi connectivity index (χ2v) is 11.3. The van der Waals surface area contributed by atoms with Crippen LogP contribution in [0.3, 0.4) is 0 Å². The fraction of sp³-hybridized carbons (Fsp3) is 0.419. The largest absolute Gasteiger partial charge is 0.496 e. The molecule has 1 aliphatic heterocycles. The highest BCUT2D eigenvalue weighted by Crippen LogP contribution is 2.37. The van der Waals surface area contributed by atoms with Crippen LogP contribution in [0.25, 0.3) is 0 Å². The van der Waals surface area contributed by atoms with Crippen LogP contribution in [0, 0.1) is 12.8 Å². The van der Waals surface area contributed by atoms with Crippen LogP contribution >= 0.6 is 11.7 Å². The fourth-order valence-electron chi connectivity index (χ4n) is 4.80. The van der Waals surface area contributed by atoms with E-state index >= 15 is 0 Å². The van der Waals surface area contributed by atoms with Crippen molar-refractivity contribution in [2.45, 2.75) is 46.2 Å². The van der Waals surface area contributed by atoms with E-state index in [4.69, 9.17) is 14.2 Å². The molecule has 2 aromatic carbocycles. The topological polar surface area (TPSA) is 161 Å². The molecule has 1 aliphatic rings. The maximum atomic E-state index is 13.4. The lowest BCUT2D eigenvalue weighted by atomic mass is 10.0. The summed E-state index contributed by atoms with van der Waals surface area (Å²) in [5.41, 5.74) is 1.55. The first kappa shape index (κ1) is 33.2. The third-order valence-corrected chi connectivity index (χ3v) is 7.90. The lowest BCUT2D eigenvalue weighted by molar-refractivity contribution is -0.130. The summed E-state index contributed by atoms with van der Waals surface area (Å²) in [6, 6.07) is 9.18. The highest BCUT2D eigenvalue weighted by atomic mass is 32.1. The summed E-state index contributed by atoms with van der Waals surface area (Å²) < 4.78 is 25.5. The van der Waals surface area contributed by atoms with E-state index in [0.29, 0.717) is 59.2 Å². The summed E-state index contributed by atoms with van der Waals surface area (Å²) in [6.45, 7) is 5.62. The quantitative estimate of drug-likeness (QED) is 0.390. The molecule has 4 amide bonds. The zero-order valence-corrected chi connectivity index (χ0v) is 26.8. The Hall–Kier alpha value is -4.72. The van der Waals surface area contributed by atoms with Crippen molar-refractivity contribution in [1.82, 2.24) is 29.6 Å². The Morgan fingerprint density at radius 2 is 1.80 bits per heavy atom. The minimum atomic E-state index is -0.881. The number of nitrogens with zero attached hydrogens (tertiary/aromatic N) is 3. The van der Waals surface area contributed by atoms with Gasteiger partial charge in [0.1, 0.15) is 17.5 Å². The Morgan fingerprint density at radius 1 is 1.02 bits per heavy atom. The summed E-state index contributed by atoms with van der Waals surface area (Å²) in [7, 11) is 3.01. The zero-order valence-electron chi connectivity index (χ0n) is 26.0. The molecule has 0 aliphatic carbocycles. The summed E-state index contributed by atoms with van der Waals surface area (Å²) >= 11 is 0.922. The van der Waals surface area contributed by atoms with Gasteiger partial charge in [-0.3, -0.25) is 19.2 Å². The van der Waals surface area contributed by atoms with E-state index in [9.17, 15) is 19.2 Å². The number of methoxy groups -OCH3 is 2. The van der Waals surface area contributed by atoms with E-state index < -0.39 is 23.8 Å². The molecular weight excluding hydrogens is 600 g/mol. The van der Waals surface area contributed by atoms with Crippen molar-refractivity contribution in [1.29, 1.82) is 0 Å². The van der Waals surface area contributed by atoms with Gasteiger partial charge in [-0.25, -0.2) is 0 Å². The summed E-state index contributed by atoms with van der Waals surface area (Å²) in [5.74, 6) is -0.359. The van der Waals surface area contributed by atoms with E-state index in [1.165, 1.54) is 19.1 Å². The van der Waals surface area contributed by atoms with Gasteiger partial charge in [-0.05, 0) is 56.0 Å². The number of aryl methyl sites for hydroxylation is 1. The van der Waals surface area contributed by atoms with Crippen molar-refractivity contribution in [3.63, 3.8) is 0 Å². The molecule has 0 radical (unpaired) electrons. The molecule has 0 saturated carbocycles. The highest BCUT2D eigenvalue weighted by molar-refractivity contribution is 6.99. The molecule has 0 unspecified atom stereocenters. The summed E-state index contributed by atoms with van der Waals surface area (Å²) in [5, 5.41) is 8.58. The molecule has 1 aromatic heterocycles. The van der Waals surface area contributed by atoms with Crippen LogP contribution in [0.2, 0.25) is 0 Å². The number of carbonyl (C=O) groups excluding carboxylic acids is 4. The van der Waals surface area contributed by atoms with Gasteiger partial charge in [-0.15, -0.1) is 0 Å². The third-order valence-electron chi connectivity index (χ3n) is 7.28. The average molecular weight is 639 g/mol. The van der Waals surface area contributed by atoms with Gasteiger partial charge in [0, 0.05) is 18.7 Å². The molecule has 13 nitrogen and oxygen atoms in total. The molecule has 3 N–H and O–H groups in total. The minimum absolute atomic E-state index is 0.0144. The average Bonchev–Trinajstić information content (AvgIpc) is 3.46. The number of carbonyl (C=O) groups is 4. The molecule has 240 valence electrons. The van der Waals surface area contributed by atoms with Crippen LogP contribution in [-0.4, -0.2) is 77.2 Å². The van der Waals surface area contributed by atoms with Crippen LogP contribution in [-0.2, 0) is 16.1 Å². The monoisotopic (exact) mass is 638 g/mol. The Kier molecular flexibility index (Phi) is 11.3. The smallest absolute Gasteiger partial charge is 0.275 e. The van der Waals surface area contributed by atoms with Gasteiger partial charge in [-0.2, -0.15) is 8.75 Å². The van der Waals surface area contributed by atoms with Gasteiger partial charge in [0.15, 0.2) is 17.2 Å². The molecule has 2 bridgehead atoms. The number of hydrogen-bond donors (Lipinski definition) is 3. The van der Waals surface area contributed by atoms with Gasteiger partial charge in [0.25, 0.3) is 11.8 Å². The van der Waals surface area contributed by atoms with Crippen LogP contribution in [0.15, 0.2) is 36.4 Å². The van der Waals surface area contributed by atoms with Gasteiger partial charge < -0.3 is 35.1 Å². The lowest BCUT2D eigenvalue weighted by Gasteiger charge is -2.26. The molecule has 1 atom stereocenters. The number of benzene rings is 2. The Morgan fingerprint density at radius 3 is 2.49 bits per heavy atom. The second-order valence-electron chi connectivity index (χ2n) is 10.8. The first-order valence-corrected chi connectivity index (χ1v) is 15.3. The molecular formula is C31H38N6O7S. The van der Waals surface area contributed by atoms with Gasteiger partial charge in [0.05, 0.1) is 50.3 Å². The van der Waals surface area contributed by atoms with Gasteiger partial charge >= 0.3 is 0 Å². The Balaban J connectivity index is 1.67. The van der Waals surface area contributed by atoms with Crippen LogP contribution in [0.5, 0.6) is 23.0 Å². The Bertz CT molecular complexity index is 1540. The van der Waals surface area contributed by atoms with E-state index in [1.54, 1.807) is 43.3 Å². The van der Waals surface area contributed by atoms with Gasteiger partial charge in [0.2, 0.25) is 11.8 Å². The van der Waals surface area contributed by atoms with Crippen LogP contribution in [0.1, 0.15) is 58.8 Å². The van der Waals surface area contributed by atoms with E-state index in [0.717, 1.165) is 11.7 Å². The number of aromatic nitrogens is 2. The number of ether oxygens (including phenoxy) is 3. The minimum Gasteiger partial charge on any atom is -0.496 e. The number of hydrogen-bond acceptors (Lipinski definition) is 10. The van der Waals surface area contributed by atoms with Crippen molar-refractivity contribution in [2.75, 3.05) is 33.9 Å². The van der Waals surface area contributed by atoms with Crippen molar-refractivity contribution in [3.8, 4) is 23.0 Å². The molecule has 2 heterocycles. The van der Waals surface area contributed by atoms with Crippen molar-refractivity contribution >= 4 is 35.4 Å². The lowest BCUT2D eigenvalue weighted by Crippen LogP contribution is -2.52. The first-order valence-electron chi connectivity index (χ1n) is 14.6. The maximum absolute atomic E-state index is 13.4. The van der Waals surface area contributed by atoms with Crippen molar-refractivity contribution < 1.29 is 33.4 Å². The normalized spacial score (nSPS) is 16.9. The van der Waals surface area contributed by atoms with E-state index in [2.05, 4.69) is 24.7 Å². The predicted molar refractivity (Wildman–Crippen MR) is 167 cm³/mol. The molecule has 3 aromatic rings. The van der Waals surface area contributed by atoms with E-state index in [1.807, 2.05) is 13.8 Å². The second kappa shape index (κ2) is 15.3. The highest BCUT2D eigenvalue weighted by Gasteiger charge is 2.28. The van der Waals surface area contributed by atoms with Crippen LogP contribution < -0.4 is 30.2 Å². The SMILES string of the molecule is COc1ccc2cc1Oc1cccc(OC)c1CNC(=O)[C@@H](C(C)C)NC(=O)CN(C(=O)c1nsnc1C)CCCCNC2=O. The number of nitrogens with one attached hydrogen (secondary N) is 3. The Labute approximate surface area is 266 Å².